The predicted molar refractivity (Wildman–Crippen MR) is 101 cm³/mol. The number of hydrogen-bond donors (Lipinski definition) is 2. The summed E-state index contributed by atoms with van der Waals surface area (Å²) in [5.41, 5.74) is 8.73. The Morgan fingerprint density at radius 2 is 1.58 bits per heavy atom. The molecular weight excluding hydrogens is 328 g/mol. The molecule has 0 radical (unpaired) electrons. The Kier molecular flexibility index (Phi) is 5.85. The number of ether oxygens (including phenoxy) is 2. The van der Waals surface area contributed by atoms with E-state index >= 15 is 0 Å². The summed E-state index contributed by atoms with van der Waals surface area (Å²) in [7, 11) is 1.55. The van der Waals surface area contributed by atoms with Crippen LogP contribution in [0.1, 0.15) is 15.9 Å². The second-order valence-corrected chi connectivity index (χ2v) is 5.59. The average Bonchev–Trinajstić information content (AvgIpc) is 2.70. The van der Waals surface area contributed by atoms with Crippen LogP contribution in [0.5, 0.6) is 11.5 Å². The second-order valence-electron chi connectivity index (χ2n) is 5.59. The van der Waals surface area contributed by atoms with Gasteiger partial charge in [-0.15, -0.1) is 0 Å². The molecule has 2 N–H and O–H groups in total. The molecule has 3 aromatic carbocycles. The van der Waals surface area contributed by atoms with Crippen LogP contribution < -0.4 is 20.3 Å². The lowest BCUT2D eigenvalue weighted by Crippen LogP contribution is -2.20. The van der Waals surface area contributed by atoms with Crippen LogP contribution in [0, 0.1) is 0 Å². The molecule has 0 aliphatic heterocycles. The maximum atomic E-state index is 12.2. The number of hydrazine groups is 1. The van der Waals surface area contributed by atoms with Gasteiger partial charge in [-0.3, -0.25) is 0 Å². The third-order valence-electron chi connectivity index (χ3n) is 3.74. The second kappa shape index (κ2) is 8.69. The molecule has 26 heavy (non-hydrogen) atoms. The van der Waals surface area contributed by atoms with E-state index in [0.717, 1.165) is 11.3 Å². The van der Waals surface area contributed by atoms with Gasteiger partial charge in [-0.05, 0) is 42.0 Å². The van der Waals surface area contributed by atoms with Crippen molar-refractivity contribution in [1.82, 2.24) is 5.43 Å². The number of nitrogens with one attached hydrogen (secondary N) is 2. The highest BCUT2D eigenvalue weighted by Gasteiger charge is 2.12. The van der Waals surface area contributed by atoms with Crippen molar-refractivity contribution in [3.63, 3.8) is 0 Å². The first-order chi connectivity index (χ1) is 12.8. The van der Waals surface area contributed by atoms with Gasteiger partial charge >= 0.3 is 5.97 Å². The SMILES string of the molecule is COc1cc(CNNc2ccccc2)ccc1OC(=O)c1ccccc1. The van der Waals surface area contributed by atoms with E-state index in [-0.39, 0.29) is 0 Å². The summed E-state index contributed by atoms with van der Waals surface area (Å²) in [5, 5.41) is 0. The lowest BCUT2D eigenvalue weighted by Gasteiger charge is -2.12. The molecule has 0 aliphatic rings. The minimum atomic E-state index is -0.416. The molecule has 0 spiro atoms. The zero-order chi connectivity index (χ0) is 18.2. The lowest BCUT2D eigenvalue weighted by atomic mass is 10.2. The molecule has 0 saturated heterocycles. The van der Waals surface area contributed by atoms with Crippen LogP contribution in [0.15, 0.2) is 78.9 Å². The number of benzene rings is 3. The lowest BCUT2D eigenvalue weighted by molar-refractivity contribution is 0.0729. The standard InChI is InChI=1S/C21H20N2O3/c1-25-20-14-16(15-22-23-18-10-6-3-7-11-18)12-13-19(20)26-21(24)17-8-4-2-5-9-17/h2-14,22-23H,15H2,1H3. The van der Waals surface area contributed by atoms with Gasteiger partial charge in [0.05, 0.1) is 12.7 Å². The van der Waals surface area contributed by atoms with Crippen LogP contribution in [-0.2, 0) is 6.54 Å². The summed E-state index contributed by atoms with van der Waals surface area (Å²) in [4.78, 5) is 12.2. The van der Waals surface area contributed by atoms with Crippen molar-refractivity contribution in [2.45, 2.75) is 6.54 Å². The van der Waals surface area contributed by atoms with Gasteiger partial charge in [0.1, 0.15) is 0 Å². The number of rotatable bonds is 7. The van der Waals surface area contributed by atoms with Crippen molar-refractivity contribution in [1.29, 1.82) is 0 Å². The van der Waals surface area contributed by atoms with E-state index in [4.69, 9.17) is 9.47 Å². The molecule has 3 aromatic rings. The molecule has 0 fully saturated rings. The number of anilines is 1. The number of carbonyl (C=O) groups is 1. The van der Waals surface area contributed by atoms with Crippen molar-refractivity contribution in [2.24, 2.45) is 0 Å². The molecule has 5 heteroatoms. The van der Waals surface area contributed by atoms with Crippen molar-refractivity contribution in [3.05, 3.63) is 90.0 Å². The predicted octanol–water partition coefficient (Wildman–Crippen LogP) is 4.03. The number of para-hydroxylation sites is 1. The fraction of sp³-hybridized carbons (Fsp3) is 0.0952. The summed E-state index contributed by atoms with van der Waals surface area (Å²) in [5.74, 6) is 0.481. The van der Waals surface area contributed by atoms with E-state index in [0.29, 0.717) is 23.6 Å². The Morgan fingerprint density at radius 1 is 0.885 bits per heavy atom. The molecule has 5 nitrogen and oxygen atoms in total. The topological polar surface area (TPSA) is 59.6 Å². The molecule has 0 atom stereocenters. The molecule has 0 saturated carbocycles. The maximum absolute atomic E-state index is 12.2. The Morgan fingerprint density at radius 3 is 2.27 bits per heavy atom. The largest absolute Gasteiger partial charge is 0.493 e. The van der Waals surface area contributed by atoms with Crippen LogP contribution in [0.2, 0.25) is 0 Å². The van der Waals surface area contributed by atoms with Gasteiger partial charge in [0.2, 0.25) is 0 Å². The van der Waals surface area contributed by atoms with Gasteiger partial charge in [0.25, 0.3) is 0 Å². The van der Waals surface area contributed by atoms with E-state index in [1.54, 1.807) is 37.4 Å². The van der Waals surface area contributed by atoms with Crippen LogP contribution in [0.4, 0.5) is 5.69 Å². The first-order valence-corrected chi connectivity index (χ1v) is 8.24. The Balaban J connectivity index is 1.63. The highest BCUT2D eigenvalue weighted by molar-refractivity contribution is 5.91. The molecule has 132 valence electrons. The zero-order valence-corrected chi connectivity index (χ0v) is 14.4. The molecule has 0 heterocycles. The molecule has 0 aliphatic carbocycles. The monoisotopic (exact) mass is 348 g/mol. The molecule has 0 amide bonds. The summed E-state index contributed by atoms with van der Waals surface area (Å²) < 4.78 is 10.8. The van der Waals surface area contributed by atoms with E-state index < -0.39 is 5.97 Å². The summed E-state index contributed by atoms with van der Waals surface area (Å²) in [6.07, 6.45) is 0. The van der Waals surface area contributed by atoms with Gasteiger partial charge in [-0.2, -0.15) is 0 Å². The highest BCUT2D eigenvalue weighted by Crippen LogP contribution is 2.28. The quantitative estimate of drug-likeness (QED) is 0.383. The van der Waals surface area contributed by atoms with Crippen molar-refractivity contribution >= 4 is 11.7 Å². The summed E-state index contributed by atoms with van der Waals surface area (Å²) >= 11 is 0. The number of methoxy groups -OCH3 is 1. The first kappa shape index (κ1) is 17.5. The molecular formula is C21H20N2O3. The minimum Gasteiger partial charge on any atom is -0.493 e. The minimum absolute atomic E-state index is 0.390. The molecule has 0 unspecified atom stereocenters. The van der Waals surface area contributed by atoms with Gasteiger partial charge in [0.15, 0.2) is 11.5 Å². The number of hydrogen-bond acceptors (Lipinski definition) is 5. The van der Waals surface area contributed by atoms with Crippen molar-refractivity contribution < 1.29 is 14.3 Å². The van der Waals surface area contributed by atoms with Crippen LogP contribution in [-0.4, -0.2) is 13.1 Å². The Labute approximate surface area is 152 Å². The number of esters is 1. The average molecular weight is 348 g/mol. The maximum Gasteiger partial charge on any atom is 0.343 e. The highest BCUT2D eigenvalue weighted by atomic mass is 16.6. The normalized spacial score (nSPS) is 10.2. The smallest absolute Gasteiger partial charge is 0.343 e. The fourth-order valence-corrected chi connectivity index (χ4v) is 2.41. The molecule has 3 rings (SSSR count). The zero-order valence-electron chi connectivity index (χ0n) is 14.4. The summed E-state index contributed by atoms with van der Waals surface area (Å²) in [6.45, 7) is 0.582. The van der Waals surface area contributed by atoms with E-state index in [2.05, 4.69) is 10.9 Å². The third kappa shape index (κ3) is 4.62. The van der Waals surface area contributed by atoms with Gasteiger partial charge < -0.3 is 14.9 Å². The summed E-state index contributed by atoms with van der Waals surface area (Å²) in [6, 6.07) is 24.1. The molecule has 0 bridgehead atoms. The van der Waals surface area contributed by atoms with Gasteiger partial charge in [0, 0.05) is 12.2 Å². The van der Waals surface area contributed by atoms with E-state index in [9.17, 15) is 4.79 Å². The van der Waals surface area contributed by atoms with Crippen LogP contribution in [0.25, 0.3) is 0 Å². The van der Waals surface area contributed by atoms with E-state index in [1.807, 2.05) is 48.5 Å². The van der Waals surface area contributed by atoms with Crippen molar-refractivity contribution in [3.8, 4) is 11.5 Å². The molecule has 0 aromatic heterocycles. The van der Waals surface area contributed by atoms with E-state index in [1.165, 1.54) is 0 Å². The fourth-order valence-electron chi connectivity index (χ4n) is 2.41. The number of carbonyl (C=O) groups excluding carboxylic acids is 1. The van der Waals surface area contributed by atoms with Gasteiger partial charge in [-0.25, -0.2) is 10.2 Å². The Hall–Kier alpha value is -3.31. The third-order valence-corrected chi connectivity index (χ3v) is 3.74. The van der Waals surface area contributed by atoms with Crippen molar-refractivity contribution in [2.75, 3.05) is 12.5 Å². The Bertz CT molecular complexity index is 852. The van der Waals surface area contributed by atoms with Gasteiger partial charge in [-0.1, -0.05) is 42.5 Å². The van der Waals surface area contributed by atoms with Crippen LogP contribution in [0.3, 0.4) is 0 Å². The first-order valence-electron chi connectivity index (χ1n) is 8.24. The van der Waals surface area contributed by atoms with Crippen LogP contribution >= 0.6 is 0 Å².